The van der Waals surface area contributed by atoms with E-state index in [2.05, 4.69) is 10.3 Å². The zero-order chi connectivity index (χ0) is 13.9. The minimum Gasteiger partial charge on any atom is -0.413 e. The Bertz CT molecular complexity index is 313. The Kier molecular flexibility index (Phi) is 4.48. The first-order valence-electron chi connectivity index (χ1n) is 7.51. The summed E-state index contributed by atoms with van der Waals surface area (Å²) in [6.45, 7) is 11.4. The Balaban J connectivity index is 2.15. The first kappa shape index (κ1) is 14.8. The van der Waals surface area contributed by atoms with E-state index < -0.39 is 5.60 Å². The van der Waals surface area contributed by atoms with Crippen molar-refractivity contribution in [3.8, 4) is 0 Å². The van der Waals surface area contributed by atoms with E-state index in [4.69, 9.17) is 4.74 Å². The van der Waals surface area contributed by atoms with Gasteiger partial charge in [0.05, 0.1) is 13.1 Å². The molecule has 0 aromatic heterocycles. The summed E-state index contributed by atoms with van der Waals surface area (Å²) in [5, 5.41) is 5.66. The molecule has 2 fully saturated rings. The summed E-state index contributed by atoms with van der Waals surface area (Å²) in [5.74, 6) is 0. The zero-order valence-electron chi connectivity index (χ0n) is 12.6. The van der Waals surface area contributed by atoms with Gasteiger partial charge in [0.2, 0.25) is 0 Å². The number of nitrogens with one attached hydrogen (secondary N) is 1. The van der Waals surface area contributed by atoms with Gasteiger partial charge in [0, 0.05) is 13.1 Å². The molecule has 0 radical (unpaired) electrons. The molecule has 1 amide bonds. The largest absolute Gasteiger partial charge is 0.536 e. The molecule has 0 unspecified atom stereocenters. The van der Waals surface area contributed by atoms with Crippen LogP contribution in [0.25, 0.3) is 0 Å². The van der Waals surface area contributed by atoms with Gasteiger partial charge >= 0.3 is 6.09 Å². The number of ether oxygens (including phenoxy) is 1. The molecular formula is C14H28N3O2+. The van der Waals surface area contributed by atoms with Crippen molar-refractivity contribution in [2.45, 2.75) is 45.6 Å². The minimum absolute atomic E-state index is 0.0610. The van der Waals surface area contributed by atoms with E-state index in [1.807, 2.05) is 20.8 Å². The molecule has 110 valence electrons. The lowest BCUT2D eigenvalue weighted by molar-refractivity contribution is -0.976. The maximum atomic E-state index is 12.7. The second-order valence-corrected chi connectivity index (χ2v) is 6.61. The maximum absolute atomic E-state index is 12.7. The van der Waals surface area contributed by atoms with Crippen LogP contribution in [0.1, 0.15) is 40.0 Å². The highest BCUT2D eigenvalue weighted by Gasteiger charge is 2.47. The summed E-state index contributed by atoms with van der Waals surface area (Å²) in [7, 11) is 0. The van der Waals surface area contributed by atoms with Crippen molar-refractivity contribution >= 4 is 6.09 Å². The van der Waals surface area contributed by atoms with Crippen LogP contribution >= 0.6 is 0 Å². The normalized spacial score (nSPS) is 25.0. The average Bonchev–Trinajstić information content (AvgIpc) is 2.38. The molecule has 19 heavy (non-hydrogen) atoms. The van der Waals surface area contributed by atoms with Crippen molar-refractivity contribution in [3.63, 3.8) is 0 Å². The molecule has 0 aromatic rings. The van der Waals surface area contributed by atoms with E-state index in [1.54, 1.807) is 0 Å². The van der Waals surface area contributed by atoms with Crippen LogP contribution in [0, 0.1) is 0 Å². The highest BCUT2D eigenvalue weighted by atomic mass is 16.6. The van der Waals surface area contributed by atoms with Crippen LogP contribution in [0.15, 0.2) is 0 Å². The topological polar surface area (TPSA) is 41.6 Å². The fourth-order valence-electron chi connectivity index (χ4n) is 3.00. The summed E-state index contributed by atoms with van der Waals surface area (Å²) < 4.78 is 6.12. The highest BCUT2D eigenvalue weighted by molar-refractivity contribution is 5.60. The third-order valence-corrected chi connectivity index (χ3v) is 3.92. The number of hydrogen-bond acceptors (Lipinski definition) is 4. The van der Waals surface area contributed by atoms with Crippen molar-refractivity contribution in [3.05, 3.63) is 0 Å². The molecule has 2 aliphatic rings. The molecule has 0 atom stereocenters. The number of piperidine rings is 1. The van der Waals surface area contributed by atoms with E-state index in [1.165, 1.54) is 6.42 Å². The SMILES string of the molecule is CC(C)(C)OC(=O)[N+]1(N2CCNCC2)CCCCC1. The molecular weight excluding hydrogens is 242 g/mol. The van der Waals surface area contributed by atoms with Crippen molar-refractivity contribution in [1.29, 1.82) is 0 Å². The van der Waals surface area contributed by atoms with Crippen LogP contribution in [-0.4, -0.2) is 60.6 Å². The van der Waals surface area contributed by atoms with E-state index >= 15 is 0 Å². The van der Waals surface area contributed by atoms with Crippen molar-refractivity contribution in [2.75, 3.05) is 39.3 Å². The number of hydrogen-bond donors (Lipinski definition) is 1. The van der Waals surface area contributed by atoms with Gasteiger partial charge in [-0.25, -0.2) is 0 Å². The summed E-state index contributed by atoms with van der Waals surface area (Å²) in [6.07, 6.45) is 3.40. The Hall–Kier alpha value is -0.650. The molecule has 2 saturated heterocycles. The third kappa shape index (κ3) is 3.46. The third-order valence-electron chi connectivity index (χ3n) is 3.92. The van der Waals surface area contributed by atoms with Gasteiger partial charge in [0.15, 0.2) is 0 Å². The molecule has 2 heterocycles. The van der Waals surface area contributed by atoms with Gasteiger partial charge in [-0.15, -0.1) is 9.60 Å². The van der Waals surface area contributed by atoms with Crippen LogP contribution < -0.4 is 5.32 Å². The lowest BCUT2D eigenvalue weighted by Crippen LogP contribution is -2.69. The number of likely N-dealkylation sites (tertiary alicyclic amines) is 1. The summed E-state index contributed by atoms with van der Waals surface area (Å²) in [4.78, 5) is 12.7. The molecule has 0 bridgehead atoms. The fraction of sp³-hybridized carbons (Fsp3) is 0.929. The average molecular weight is 270 g/mol. The van der Waals surface area contributed by atoms with Gasteiger partial charge in [-0.2, -0.15) is 4.79 Å². The number of rotatable bonds is 1. The monoisotopic (exact) mass is 270 g/mol. The molecule has 1 N–H and O–H groups in total. The van der Waals surface area contributed by atoms with E-state index in [-0.39, 0.29) is 6.09 Å². The summed E-state index contributed by atoms with van der Waals surface area (Å²) >= 11 is 0. The van der Waals surface area contributed by atoms with Crippen LogP contribution in [0.3, 0.4) is 0 Å². The van der Waals surface area contributed by atoms with Gasteiger partial charge in [-0.05, 0) is 40.0 Å². The van der Waals surface area contributed by atoms with Gasteiger partial charge in [-0.3, -0.25) is 0 Å². The summed E-state index contributed by atoms with van der Waals surface area (Å²) in [6, 6.07) is 0. The van der Waals surface area contributed by atoms with Crippen LogP contribution in [-0.2, 0) is 4.74 Å². The Morgan fingerprint density at radius 1 is 1.11 bits per heavy atom. The maximum Gasteiger partial charge on any atom is 0.536 e. The molecule has 5 heteroatoms. The van der Waals surface area contributed by atoms with Gasteiger partial charge in [0.25, 0.3) is 0 Å². The van der Waals surface area contributed by atoms with Crippen molar-refractivity contribution < 1.29 is 14.1 Å². The standard InChI is InChI=1S/C14H28N3O2/c1-14(2,3)19-13(18)17(11-5-4-6-12-17)16-9-7-15-8-10-16/h15H,4-12H2,1-3H3/q+1. The minimum atomic E-state index is -0.409. The molecule has 5 nitrogen and oxygen atoms in total. The molecule has 0 aromatic carbocycles. The van der Waals surface area contributed by atoms with Gasteiger partial charge < -0.3 is 10.1 Å². The Morgan fingerprint density at radius 2 is 1.68 bits per heavy atom. The zero-order valence-corrected chi connectivity index (χ0v) is 12.6. The second kappa shape index (κ2) is 5.77. The molecule has 0 spiro atoms. The first-order chi connectivity index (χ1) is 8.94. The quantitative estimate of drug-likeness (QED) is 0.737. The predicted molar refractivity (Wildman–Crippen MR) is 74.5 cm³/mol. The van der Waals surface area contributed by atoms with Gasteiger partial charge in [0.1, 0.15) is 18.7 Å². The van der Waals surface area contributed by atoms with Crippen molar-refractivity contribution in [2.24, 2.45) is 0 Å². The summed E-state index contributed by atoms with van der Waals surface area (Å²) in [5.41, 5.74) is -0.409. The van der Waals surface area contributed by atoms with Gasteiger partial charge in [-0.1, -0.05) is 0 Å². The number of carbonyl (C=O) groups is 1. The van der Waals surface area contributed by atoms with Crippen LogP contribution in [0.2, 0.25) is 0 Å². The van der Waals surface area contributed by atoms with Crippen molar-refractivity contribution in [1.82, 2.24) is 10.3 Å². The van der Waals surface area contributed by atoms with E-state index in [0.717, 1.165) is 52.1 Å². The van der Waals surface area contributed by atoms with E-state index in [0.29, 0.717) is 4.59 Å². The predicted octanol–water partition coefficient (Wildman–Crippen LogP) is 1.74. The Morgan fingerprint density at radius 3 is 2.21 bits per heavy atom. The second-order valence-electron chi connectivity index (χ2n) is 6.61. The van der Waals surface area contributed by atoms with Crippen LogP contribution in [0.5, 0.6) is 0 Å². The van der Waals surface area contributed by atoms with Crippen LogP contribution in [0.4, 0.5) is 4.79 Å². The van der Waals surface area contributed by atoms with E-state index in [9.17, 15) is 4.79 Å². The highest BCUT2D eigenvalue weighted by Crippen LogP contribution is 2.26. The first-order valence-corrected chi connectivity index (χ1v) is 7.51. The number of carbonyl (C=O) groups excluding carboxylic acids is 1. The smallest absolute Gasteiger partial charge is 0.413 e. The molecule has 2 rings (SSSR count). The lowest BCUT2D eigenvalue weighted by atomic mass is 10.1. The Labute approximate surface area is 116 Å². The molecule has 0 aliphatic carbocycles. The number of amides is 1. The number of nitrogens with zero attached hydrogens (tertiary/aromatic N) is 2. The fourth-order valence-corrected chi connectivity index (χ4v) is 3.00. The lowest BCUT2D eigenvalue weighted by Gasteiger charge is -2.46. The number of quaternary nitrogens is 1. The number of piperazine rings is 1. The molecule has 2 aliphatic heterocycles. The molecule has 0 saturated carbocycles.